The van der Waals surface area contributed by atoms with Crippen molar-refractivity contribution in [2.75, 3.05) is 13.1 Å². The van der Waals surface area contributed by atoms with Crippen LogP contribution < -0.4 is 0 Å². The number of rotatable bonds is 4. The highest BCUT2D eigenvalue weighted by Gasteiger charge is 2.47. The standard InChI is InChI=1S/C20H12Cl3F4NO3/c21-14-5-11(6-15(22)17(14)23)13(20(25,26)27)7-16(29)10-1-3-12(4-2-10)19(24)8-28(9-19)18(30)31/h1-7H,8-9H2,(H,30,31)/b13-7-. The van der Waals surface area contributed by atoms with Crippen molar-refractivity contribution >= 4 is 52.3 Å². The highest BCUT2D eigenvalue weighted by atomic mass is 35.5. The molecule has 1 N–H and O–H groups in total. The molecule has 0 atom stereocenters. The van der Waals surface area contributed by atoms with Crippen LogP contribution >= 0.6 is 34.8 Å². The Bertz CT molecular complexity index is 1060. The molecule has 0 saturated carbocycles. The Morgan fingerprint density at radius 1 is 1.00 bits per heavy atom. The summed E-state index contributed by atoms with van der Waals surface area (Å²) in [5.41, 5.74) is -3.63. The summed E-state index contributed by atoms with van der Waals surface area (Å²) >= 11 is 17.4. The number of carbonyl (C=O) groups excluding carboxylic acids is 1. The molecule has 0 radical (unpaired) electrons. The van der Waals surface area contributed by atoms with E-state index in [4.69, 9.17) is 39.9 Å². The lowest BCUT2D eigenvalue weighted by Gasteiger charge is -2.42. The average Bonchev–Trinajstić information content (AvgIpc) is 2.66. The number of carbonyl (C=O) groups is 2. The number of hydrogen-bond donors (Lipinski definition) is 1. The molecule has 1 aliphatic rings. The molecule has 2 aromatic carbocycles. The van der Waals surface area contributed by atoms with E-state index in [2.05, 4.69) is 0 Å². The van der Waals surface area contributed by atoms with Gasteiger partial charge in [0.05, 0.1) is 33.7 Å². The molecule has 0 bridgehead atoms. The van der Waals surface area contributed by atoms with Gasteiger partial charge in [0.25, 0.3) is 0 Å². The molecule has 1 fully saturated rings. The average molecular weight is 497 g/mol. The minimum absolute atomic E-state index is 0.116. The topological polar surface area (TPSA) is 57.6 Å². The Morgan fingerprint density at radius 3 is 1.97 bits per heavy atom. The van der Waals surface area contributed by atoms with E-state index in [1.807, 2.05) is 0 Å². The monoisotopic (exact) mass is 495 g/mol. The third kappa shape index (κ3) is 4.81. The van der Waals surface area contributed by atoms with E-state index in [9.17, 15) is 27.2 Å². The number of benzene rings is 2. The first-order chi connectivity index (χ1) is 14.3. The van der Waals surface area contributed by atoms with Crippen LogP contribution in [0.4, 0.5) is 22.4 Å². The minimum Gasteiger partial charge on any atom is -0.465 e. The summed E-state index contributed by atoms with van der Waals surface area (Å²) in [5.74, 6) is -0.977. The number of ketones is 1. The largest absolute Gasteiger partial charge is 0.465 e. The van der Waals surface area contributed by atoms with Gasteiger partial charge in [0, 0.05) is 5.56 Å². The summed E-state index contributed by atoms with van der Waals surface area (Å²) < 4.78 is 55.4. The van der Waals surface area contributed by atoms with Gasteiger partial charge in [0.15, 0.2) is 11.5 Å². The normalized spacial score (nSPS) is 16.1. The minimum atomic E-state index is -4.90. The van der Waals surface area contributed by atoms with Crippen molar-refractivity contribution in [3.8, 4) is 0 Å². The van der Waals surface area contributed by atoms with E-state index < -0.39 is 34.9 Å². The highest BCUT2D eigenvalue weighted by Crippen LogP contribution is 2.40. The van der Waals surface area contributed by atoms with Gasteiger partial charge in [-0.1, -0.05) is 59.1 Å². The molecule has 1 heterocycles. The zero-order valence-corrected chi connectivity index (χ0v) is 17.6. The second-order valence-electron chi connectivity index (χ2n) is 6.86. The van der Waals surface area contributed by atoms with Crippen LogP contribution in [-0.4, -0.2) is 41.1 Å². The molecule has 3 rings (SSSR count). The lowest BCUT2D eigenvalue weighted by molar-refractivity contribution is -0.0689. The lowest BCUT2D eigenvalue weighted by Crippen LogP contribution is -2.58. The molecule has 0 aromatic heterocycles. The third-order valence-corrected chi connectivity index (χ3v) is 5.91. The maximum absolute atomic E-state index is 14.7. The Balaban J connectivity index is 1.89. The first-order valence-electron chi connectivity index (χ1n) is 8.57. The van der Waals surface area contributed by atoms with Gasteiger partial charge in [0.1, 0.15) is 0 Å². The fourth-order valence-electron chi connectivity index (χ4n) is 3.06. The number of allylic oxidation sites excluding steroid dienone is 2. The fourth-order valence-corrected chi connectivity index (χ4v) is 3.66. The van der Waals surface area contributed by atoms with Crippen LogP contribution in [-0.2, 0) is 5.67 Å². The van der Waals surface area contributed by atoms with Crippen LogP contribution in [0.2, 0.25) is 15.1 Å². The van der Waals surface area contributed by atoms with E-state index in [1.54, 1.807) is 0 Å². The number of hydrogen-bond acceptors (Lipinski definition) is 2. The quantitative estimate of drug-likeness (QED) is 0.224. The van der Waals surface area contributed by atoms with Crippen molar-refractivity contribution in [2.45, 2.75) is 11.8 Å². The molecule has 2 aromatic rings. The molecule has 11 heteroatoms. The van der Waals surface area contributed by atoms with Gasteiger partial charge in [-0.3, -0.25) is 4.79 Å². The molecule has 0 aliphatic carbocycles. The van der Waals surface area contributed by atoms with Gasteiger partial charge in [-0.05, 0) is 29.3 Å². The van der Waals surface area contributed by atoms with Gasteiger partial charge >= 0.3 is 12.3 Å². The van der Waals surface area contributed by atoms with Gasteiger partial charge < -0.3 is 10.0 Å². The molecule has 164 valence electrons. The number of nitrogens with zero attached hydrogens (tertiary/aromatic N) is 1. The molecule has 0 spiro atoms. The lowest BCUT2D eigenvalue weighted by atomic mass is 9.87. The van der Waals surface area contributed by atoms with Crippen molar-refractivity contribution in [1.29, 1.82) is 0 Å². The SMILES string of the molecule is O=C(/C=C(/c1cc(Cl)c(Cl)c(Cl)c1)C(F)(F)F)c1ccc(C2(F)CN(C(=O)O)C2)cc1. The predicted molar refractivity (Wildman–Crippen MR) is 109 cm³/mol. The summed E-state index contributed by atoms with van der Waals surface area (Å²) in [7, 11) is 0. The van der Waals surface area contributed by atoms with Gasteiger partial charge in [-0.15, -0.1) is 0 Å². The van der Waals surface area contributed by atoms with Crippen LogP contribution in [0, 0.1) is 0 Å². The molecule has 1 saturated heterocycles. The number of alkyl halides is 4. The molecule has 31 heavy (non-hydrogen) atoms. The second kappa shape index (κ2) is 8.33. The van der Waals surface area contributed by atoms with Gasteiger partial charge in [-0.25, -0.2) is 9.18 Å². The fraction of sp³-hybridized carbons (Fsp3) is 0.200. The van der Waals surface area contributed by atoms with Crippen molar-refractivity contribution in [2.24, 2.45) is 0 Å². The Labute approximate surface area is 188 Å². The zero-order valence-electron chi connectivity index (χ0n) is 15.3. The Kier molecular flexibility index (Phi) is 6.28. The van der Waals surface area contributed by atoms with E-state index in [1.165, 1.54) is 24.3 Å². The predicted octanol–water partition coefficient (Wildman–Crippen LogP) is 6.63. The van der Waals surface area contributed by atoms with E-state index >= 15 is 0 Å². The number of likely N-dealkylation sites (tertiary alicyclic amines) is 1. The Hall–Kier alpha value is -2.29. The van der Waals surface area contributed by atoms with E-state index in [-0.39, 0.29) is 39.3 Å². The highest BCUT2D eigenvalue weighted by molar-refractivity contribution is 6.48. The maximum atomic E-state index is 14.7. The van der Waals surface area contributed by atoms with Crippen LogP contribution in [0.1, 0.15) is 21.5 Å². The number of carboxylic acid groups (broad SMARTS) is 1. The first-order valence-corrected chi connectivity index (χ1v) is 9.71. The van der Waals surface area contributed by atoms with Crippen LogP contribution in [0.3, 0.4) is 0 Å². The smallest absolute Gasteiger partial charge is 0.417 e. The van der Waals surface area contributed by atoms with Crippen molar-refractivity contribution in [1.82, 2.24) is 4.90 Å². The van der Waals surface area contributed by atoms with Crippen molar-refractivity contribution < 1.29 is 32.3 Å². The molecule has 4 nitrogen and oxygen atoms in total. The second-order valence-corrected chi connectivity index (χ2v) is 8.05. The molecular weight excluding hydrogens is 485 g/mol. The van der Waals surface area contributed by atoms with E-state index in [0.717, 1.165) is 17.0 Å². The summed E-state index contributed by atoms with van der Waals surface area (Å²) in [4.78, 5) is 24.1. The summed E-state index contributed by atoms with van der Waals surface area (Å²) in [6.45, 7) is -0.738. The van der Waals surface area contributed by atoms with E-state index in [0.29, 0.717) is 6.08 Å². The molecule has 1 amide bonds. The van der Waals surface area contributed by atoms with Crippen molar-refractivity contribution in [3.05, 3.63) is 74.2 Å². The molecular formula is C20H12Cl3F4NO3. The summed E-state index contributed by atoms with van der Waals surface area (Å²) in [6.07, 6.45) is -5.76. The van der Waals surface area contributed by atoms with Crippen LogP contribution in [0.15, 0.2) is 42.5 Å². The summed E-state index contributed by atoms with van der Waals surface area (Å²) in [5, 5.41) is 8.28. The maximum Gasteiger partial charge on any atom is 0.417 e. The first kappa shape index (κ1) is 23.4. The summed E-state index contributed by atoms with van der Waals surface area (Å²) in [6, 6.07) is 6.73. The number of halogens is 7. The van der Waals surface area contributed by atoms with Crippen LogP contribution in [0.25, 0.3) is 5.57 Å². The van der Waals surface area contributed by atoms with Crippen LogP contribution in [0.5, 0.6) is 0 Å². The molecule has 1 aliphatic heterocycles. The number of amides is 1. The third-order valence-electron chi connectivity index (χ3n) is 4.72. The zero-order chi connectivity index (χ0) is 23.1. The molecule has 0 unspecified atom stereocenters. The van der Waals surface area contributed by atoms with Crippen molar-refractivity contribution in [3.63, 3.8) is 0 Å². The van der Waals surface area contributed by atoms with Gasteiger partial charge in [-0.2, -0.15) is 13.2 Å². The Morgan fingerprint density at radius 2 is 1.52 bits per heavy atom. The van der Waals surface area contributed by atoms with Gasteiger partial charge in [0.2, 0.25) is 0 Å².